The lowest BCUT2D eigenvalue weighted by Gasteiger charge is -2.26. The van der Waals surface area contributed by atoms with E-state index in [4.69, 9.17) is 37.7 Å². The number of hydrogen-bond donors (Lipinski definition) is 3. The number of hydrogen-bond acceptors (Lipinski definition) is 7. The van der Waals surface area contributed by atoms with Crippen LogP contribution in [0.15, 0.2) is 77.3 Å². The van der Waals surface area contributed by atoms with Crippen molar-refractivity contribution in [1.29, 1.82) is 0 Å². The van der Waals surface area contributed by atoms with E-state index in [9.17, 15) is 19.8 Å². The summed E-state index contributed by atoms with van der Waals surface area (Å²) in [5.41, 5.74) is 1.36. The van der Waals surface area contributed by atoms with Gasteiger partial charge in [0.15, 0.2) is 5.11 Å². The van der Waals surface area contributed by atoms with Crippen LogP contribution in [0.2, 0.25) is 5.02 Å². The Balaban J connectivity index is 1.56. The molecule has 41 heavy (non-hydrogen) atoms. The molecule has 4 aromatic rings. The number of nitrogens with zero attached hydrogens (tertiary/aromatic N) is 2. The number of pyridine rings is 1. The molecule has 2 atom stereocenters. The first-order chi connectivity index (χ1) is 19.8. The van der Waals surface area contributed by atoms with Crippen LogP contribution in [0.25, 0.3) is 11.3 Å². The third kappa shape index (κ3) is 5.87. The van der Waals surface area contributed by atoms with Crippen molar-refractivity contribution in [2.75, 3.05) is 25.2 Å². The molecular weight excluding hydrogens is 570 g/mol. The molecule has 0 aliphatic carbocycles. The number of rotatable bonds is 10. The topological polar surface area (TPSA) is 134 Å². The van der Waals surface area contributed by atoms with Crippen LogP contribution in [0.1, 0.15) is 44.3 Å². The number of anilines is 1. The average Bonchev–Trinajstić information content (AvgIpc) is 3.59. The highest BCUT2D eigenvalue weighted by Crippen LogP contribution is 2.44. The molecule has 1 fully saturated rings. The molecule has 0 bridgehead atoms. The molecule has 2 aromatic heterocycles. The van der Waals surface area contributed by atoms with Crippen LogP contribution in [0.4, 0.5) is 5.69 Å². The molecule has 3 heterocycles. The Morgan fingerprint density at radius 3 is 2.44 bits per heavy atom. The average molecular weight is 594 g/mol. The summed E-state index contributed by atoms with van der Waals surface area (Å²) in [5, 5.41) is 23.1. The second kappa shape index (κ2) is 12.0. The molecule has 1 aliphatic heterocycles. The number of ether oxygens (including phenoxy) is 2. The molecule has 10 nitrogen and oxygen atoms in total. The van der Waals surface area contributed by atoms with E-state index >= 15 is 0 Å². The van der Waals surface area contributed by atoms with Gasteiger partial charge in [-0.25, -0.2) is 9.59 Å². The van der Waals surface area contributed by atoms with Gasteiger partial charge in [-0.15, -0.1) is 0 Å². The van der Waals surface area contributed by atoms with Gasteiger partial charge < -0.3 is 34.3 Å². The quantitative estimate of drug-likeness (QED) is 0.157. The summed E-state index contributed by atoms with van der Waals surface area (Å²) in [6, 6.07) is 17.2. The third-order valence-corrected chi connectivity index (χ3v) is 7.08. The van der Waals surface area contributed by atoms with Gasteiger partial charge >= 0.3 is 11.9 Å². The third-order valence-electron chi connectivity index (χ3n) is 6.47. The zero-order chi connectivity index (χ0) is 29.1. The van der Waals surface area contributed by atoms with E-state index in [0.717, 1.165) is 6.07 Å². The van der Waals surface area contributed by atoms with E-state index in [2.05, 4.69) is 10.3 Å². The Bertz CT molecular complexity index is 1580. The second-order valence-electron chi connectivity index (χ2n) is 9.06. The molecule has 2 aromatic carbocycles. The van der Waals surface area contributed by atoms with Crippen molar-refractivity contribution >= 4 is 46.6 Å². The summed E-state index contributed by atoms with van der Waals surface area (Å²) in [6.45, 7) is 0.752. The fourth-order valence-corrected chi connectivity index (χ4v) is 5.17. The number of nitrogens with one attached hydrogen (secondary N) is 1. The Morgan fingerprint density at radius 1 is 1.05 bits per heavy atom. The number of carbonyl (C=O) groups is 2. The van der Waals surface area contributed by atoms with Gasteiger partial charge in [0.2, 0.25) is 0 Å². The van der Waals surface area contributed by atoms with Gasteiger partial charge in [0, 0.05) is 24.6 Å². The number of carboxylic acids is 2. The molecule has 0 unspecified atom stereocenters. The molecule has 1 saturated heterocycles. The first-order valence-corrected chi connectivity index (χ1v) is 13.2. The highest BCUT2D eigenvalue weighted by atomic mass is 35.5. The molecule has 1 aliphatic rings. The maximum Gasteiger partial charge on any atom is 0.335 e. The summed E-state index contributed by atoms with van der Waals surface area (Å²) in [5.74, 6) is -1.23. The number of thiocarbonyl (C=S) groups is 1. The van der Waals surface area contributed by atoms with Crippen molar-refractivity contribution in [2.45, 2.75) is 12.1 Å². The summed E-state index contributed by atoms with van der Waals surface area (Å²) in [4.78, 5) is 29.7. The van der Waals surface area contributed by atoms with Gasteiger partial charge in [0.1, 0.15) is 29.9 Å². The molecular formula is C29H24ClN3O7S. The minimum absolute atomic E-state index is 0.169. The van der Waals surface area contributed by atoms with E-state index in [1.807, 2.05) is 29.2 Å². The van der Waals surface area contributed by atoms with Crippen LogP contribution in [0.5, 0.6) is 5.75 Å². The first kappa shape index (κ1) is 28.1. The number of benzene rings is 2. The van der Waals surface area contributed by atoms with E-state index in [0.29, 0.717) is 57.6 Å². The van der Waals surface area contributed by atoms with Crippen LogP contribution < -0.4 is 15.0 Å². The second-order valence-corrected chi connectivity index (χ2v) is 9.86. The number of halogens is 1. The monoisotopic (exact) mass is 593 g/mol. The van der Waals surface area contributed by atoms with Crippen LogP contribution >= 0.6 is 23.8 Å². The van der Waals surface area contributed by atoms with Gasteiger partial charge in [0.05, 0.1) is 34.5 Å². The van der Waals surface area contributed by atoms with Crippen LogP contribution in [-0.4, -0.2) is 52.6 Å². The highest BCUT2D eigenvalue weighted by Gasteiger charge is 2.42. The number of aromatic carboxylic acids is 2. The van der Waals surface area contributed by atoms with E-state index in [1.54, 1.807) is 37.6 Å². The zero-order valence-electron chi connectivity index (χ0n) is 21.6. The number of aromatic nitrogens is 1. The van der Waals surface area contributed by atoms with Crippen molar-refractivity contribution in [3.05, 3.63) is 101 Å². The number of furan rings is 1. The van der Waals surface area contributed by atoms with E-state index in [-0.39, 0.29) is 11.1 Å². The maximum atomic E-state index is 11.6. The maximum absolute atomic E-state index is 11.6. The summed E-state index contributed by atoms with van der Waals surface area (Å²) in [7, 11) is 1.58. The predicted octanol–water partition coefficient (Wildman–Crippen LogP) is 5.59. The van der Waals surface area contributed by atoms with E-state index in [1.165, 1.54) is 12.1 Å². The van der Waals surface area contributed by atoms with Gasteiger partial charge in [-0.3, -0.25) is 4.98 Å². The van der Waals surface area contributed by atoms with Crippen molar-refractivity contribution in [1.82, 2.24) is 10.3 Å². The van der Waals surface area contributed by atoms with Crippen LogP contribution in [0, 0.1) is 0 Å². The minimum atomic E-state index is -1.25. The van der Waals surface area contributed by atoms with E-state index < -0.39 is 24.0 Å². The normalized spacial score (nSPS) is 16.4. The molecule has 5 rings (SSSR count). The van der Waals surface area contributed by atoms with Gasteiger partial charge in [0.25, 0.3) is 0 Å². The van der Waals surface area contributed by atoms with Gasteiger partial charge in [-0.2, -0.15) is 0 Å². The minimum Gasteiger partial charge on any atom is -0.490 e. The SMILES string of the molecule is COCCOc1ccc(N2C(=S)N[C@@H](c3ccccn3)[C@@H]2c2ccc(-c3cc(C(=O)O)cc(C(=O)O)c3)o2)cc1Cl. The lowest BCUT2D eigenvalue weighted by Crippen LogP contribution is -2.29. The summed E-state index contributed by atoms with van der Waals surface area (Å²) < 4.78 is 17.0. The molecule has 0 radical (unpaired) electrons. The van der Waals surface area contributed by atoms with Gasteiger partial charge in [-0.1, -0.05) is 17.7 Å². The lowest BCUT2D eigenvalue weighted by atomic mass is 10.0. The van der Waals surface area contributed by atoms with Gasteiger partial charge in [-0.05, 0) is 72.9 Å². The molecule has 3 N–H and O–H groups in total. The molecule has 0 amide bonds. The predicted molar refractivity (Wildman–Crippen MR) is 155 cm³/mol. The zero-order valence-corrected chi connectivity index (χ0v) is 23.2. The number of carboxylic acid groups (broad SMARTS) is 2. The van der Waals surface area contributed by atoms with Crippen molar-refractivity contribution in [3.63, 3.8) is 0 Å². The molecule has 12 heteroatoms. The van der Waals surface area contributed by atoms with Crippen molar-refractivity contribution in [3.8, 4) is 17.1 Å². The molecule has 0 saturated carbocycles. The summed E-state index contributed by atoms with van der Waals surface area (Å²) >= 11 is 12.3. The molecule has 210 valence electrons. The fraction of sp³-hybridized carbons (Fsp3) is 0.172. The smallest absolute Gasteiger partial charge is 0.335 e. The van der Waals surface area contributed by atoms with Crippen LogP contribution in [-0.2, 0) is 4.74 Å². The van der Waals surface area contributed by atoms with Crippen LogP contribution in [0.3, 0.4) is 0 Å². The Kier molecular flexibility index (Phi) is 8.20. The lowest BCUT2D eigenvalue weighted by molar-refractivity contribution is 0.0696. The number of methoxy groups -OCH3 is 1. The Labute approximate surface area is 245 Å². The fourth-order valence-electron chi connectivity index (χ4n) is 4.60. The largest absolute Gasteiger partial charge is 0.490 e. The van der Waals surface area contributed by atoms with Crippen molar-refractivity contribution in [2.24, 2.45) is 0 Å². The van der Waals surface area contributed by atoms with Crippen molar-refractivity contribution < 1.29 is 33.7 Å². The summed E-state index contributed by atoms with van der Waals surface area (Å²) in [6.07, 6.45) is 1.68. The standard InChI is InChI=1S/C29H24ClN3O7S/c1-38-10-11-39-23-6-5-19(15-20(23)30)33-26(25(32-29(33)41)21-4-2-3-9-31-21)24-8-7-22(40-24)16-12-17(27(34)35)14-18(13-16)28(36)37/h2-9,12-15,25-26H,10-11H2,1H3,(H,32,41)(H,34,35)(H,36,37)/t25-,26-/m0/s1. The Hall–Kier alpha value is -4.45. The Morgan fingerprint density at radius 2 is 1.80 bits per heavy atom. The molecule has 0 spiro atoms. The first-order valence-electron chi connectivity index (χ1n) is 12.4. The highest BCUT2D eigenvalue weighted by molar-refractivity contribution is 7.80.